The van der Waals surface area contributed by atoms with Crippen LogP contribution in [0.5, 0.6) is 0 Å². The number of benzene rings is 1. The summed E-state index contributed by atoms with van der Waals surface area (Å²) < 4.78 is 0. The molecule has 0 heterocycles. The lowest BCUT2D eigenvalue weighted by atomic mass is 10.1. The standard InChI is InChI=1S/C13H17N/c1-3-5-6-10-14-13-9-7-8-12(4-2)11-13/h1,7-9,11,14H,4-6,10H2,2H3. The lowest BCUT2D eigenvalue weighted by Gasteiger charge is -2.06. The third kappa shape index (κ3) is 3.53. The second kappa shape index (κ2) is 6.10. The van der Waals surface area contributed by atoms with E-state index in [4.69, 9.17) is 6.42 Å². The monoisotopic (exact) mass is 187 g/mol. The first-order valence-electron chi connectivity index (χ1n) is 5.13. The van der Waals surface area contributed by atoms with Crippen LogP contribution >= 0.6 is 0 Å². The molecule has 0 atom stereocenters. The van der Waals surface area contributed by atoms with E-state index >= 15 is 0 Å². The number of hydrogen-bond donors (Lipinski definition) is 1. The van der Waals surface area contributed by atoms with Crippen LogP contribution in [0.25, 0.3) is 0 Å². The van der Waals surface area contributed by atoms with Gasteiger partial charge < -0.3 is 5.32 Å². The van der Waals surface area contributed by atoms with E-state index in [1.54, 1.807) is 0 Å². The largest absolute Gasteiger partial charge is 0.385 e. The molecule has 0 amide bonds. The Balaban J connectivity index is 2.39. The van der Waals surface area contributed by atoms with E-state index in [1.807, 2.05) is 0 Å². The molecule has 14 heavy (non-hydrogen) atoms. The Morgan fingerprint density at radius 1 is 1.43 bits per heavy atom. The lowest BCUT2D eigenvalue weighted by molar-refractivity contribution is 0.907. The summed E-state index contributed by atoms with van der Waals surface area (Å²) in [6.07, 6.45) is 8.14. The number of anilines is 1. The molecule has 0 aliphatic rings. The second-order valence-corrected chi connectivity index (χ2v) is 3.29. The maximum Gasteiger partial charge on any atom is 0.0342 e. The third-order valence-electron chi connectivity index (χ3n) is 2.16. The lowest BCUT2D eigenvalue weighted by Crippen LogP contribution is -2.01. The van der Waals surface area contributed by atoms with Gasteiger partial charge >= 0.3 is 0 Å². The van der Waals surface area contributed by atoms with Crippen molar-refractivity contribution in [3.05, 3.63) is 29.8 Å². The van der Waals surface area contributed by atoms with Crippen molar-refractivity contribution in [2.45, 2.75) is 26.2 Å². The predicted molar refractivity (Wildman–Crippen MR) is 62.4 cm³/mol. The molecule has 0 fully saturated rings. The summed E-state index contributed by atoms with van der Waals surface area (Å²) in [7, 11) is 0. The van der Waals surface area contributed by atoms with Gasteiger partial charge in [-0.1, -0.05) is 19.1 Å². The molecule has 74 valence electrons. The highest BCUT2D eigenvalue weighted by Crippen LogP contribution is 2.10. The molecule has 1 rings (SSSR count). The molecular formula is C13H17N. The second-order valence-electron chi connectivity index (χ2n) is 3.29. The minimum absolute atomic E-state index is 0.848. The van der Waals surface area contributed by atoms with Crippen molar-refractivity contribution in [2.75, 3.05) is 11.9 Å². The zero-order chi connectivity index (χ0) is 10.2. The summed E-state index contributed by atoms with van der Waals surface area (Å²) in [5.74, 6) is 2.64. The van der Waals surface area contributed by atoms with Crippen molar-refractivity contribution < 1.29 is 0 Å². The van der Waals surface area contributed by atoms with Crippen molar-refractivity contribution in [3.8, 4) is 12.3 Å². The van der Waals surface area contributed by atoms with Gasteiger partial charge in [0.2, 0.25) is 0 Å². The van der Waals surface area contributed by atoms with Crippen LogP contribution in [0.1, 0.15) is 25.3 Å². The molecule has 0 unspecified atom stereocenters. The topological polar surface area (TPSA) is 12.0 Å². The molecule has 1 aromatic carbocycles. The van der Waals surface area contributed by atoms with Gasteiger partial charge in [0, 0.05) is 18.7 Å². The van der Waals surface area contributed by atoms with Gasteiger partial charge in [0.05, 0.1) is 0 Å². The van der Waals surface area contributed by atoms with Crippen LogP contribution in [0.4, 0.5) is 5.69 Å². The number of terminal acetylenes is 1. The van der Waals surface area contributed by atoms with E-state index in [-0.39, 0.29) is 0 Å². The average Bonchev–Trinajstić information content (AvgIpc) is 2.25. The van der Waals surface area contributed by atoms with Gasteiger partial charge in [0.1, 0.15) is 0 Å². The van der Waals surface area contributed by atoms with Crippen LogP contribution in [0.15, 0.2) is 24.3 Å². The minimum atomic E-state index is 0.848. The molecule has 1 heteroatoms. The van der Waals surface area contributed by atoms with Crippen molar-refractivity contribution >= 4 is 5.69 Å². The highest BCUT2D eigenvalue weighted by Gasteiger charge is 1.92. The van der Waals surface area contributed by atoms with E-state index in [0.717, 1.165) is 25.8 Å². The molecule has 0 aromatic heterocycles. The molecule has 0 radical (unpaired) electrons. The molecule has 0 saturated carbocycles. The molecule has 0 saturated heterocycles. The quantitative estimate of drug-likeness (QED) is 0.552. The Morgan fingerprint density at radius 2 is 2.29 bits per heavy atom. The van der Waals surface area contributed by atoms with Gasteiger partial charge in [-0.2, -0.15) is 0 Å². The Morgan fingerprint density at radius 3 is 3.00 bits per heavy atom. The highest BCUT2D eigenvalue weighted by molar-refractivity contribution is 5.45. The molecule has 1 nitrogen and oxygen atoms in total. The molecule has 0 bridgehead atoms. The van der Waals surface area contributed by atoms with Crippen LogP contribution in [0.3, 0.4) is 0 Å². The SMILES string of the molecule is C#CCCCNc1cccc(CC)c1. The fourth-order valence-electron chi connectivity index (χ4n) is 1.32. The average molecular weight is 187 g/mol. The van der Waals surface area contributed by atoms with Gasteiger partial charge in [-0.25, -0.2) is 0 Å². The molecule has 0 aliphatic carbocycles. The van der Waals surface area contributed by atoms with Crippen LogP contribution in [0, 0.1) is 12.3 Å². The first kappa shape index (κ1) is 10.7. The van der Waals surface area contributed by atoms with E-state index in [2.05, 4.69) is 42.4 Å². The Kier molecular flexibility index (Phi) is 4.64. The third-order valence-corrected chi connectivity index (χ3v) is 2.16. The van der Waals surface area contributed by atoms with Gasteiger partial charge in [-0.15, -0.1) is 12.3 Å². The van der Waals surface area contributed by atoms with E-state index < -0.39 is 0 Å². The molecular weight excluding hydrogens is 170 g/mol. The Hall–Kier alpha value is -1.42. The van der Waals surface area contributed by atoms with Gasteiger partial charge in [-0.3, -0.25) is 0 Å². The number of unbranched alkanes of at least 4 members (excludes halogenated alkanes) is 1. The normalized spacial score (nSPS) is 9.43. The van der Waals surface area contributed by atoms with Crippen LogP contribution in [-0.2, 0) is 6.42 Å². The van der Waals surface area contributed by atoms with Crippen molar-refractivity contribution in [1.29, 1.82) is 0 Å². The maximum absolute atomic E-state index is 5.18. The summed E-state index contributed by atoms with van der Waals surface area (Å²) >= 11 is 0. The van der Waals surface area contributed by atoms with Gasteiger partial charge in [0.25, 0.3) is 0 Å². The first-order valence-corrected chi connectivity index (χ1v) is 5.13. The fourth-order valence-corrected chi connectivity index (χ4v) is 1.32. The first-order chi connectivity index (χ1) is 6.86. The highest BCUT2D eigenvalue weighted by atomic mass is 14.9. The summed E-state index contributed by atoms with van der Waals surface area (Å²) in [6.45, 7) is 3.12. The van der Waals surface area contributed by atoms with Crippen LogP contribution < -0.4 is 5.32 Å². The Bertz CT molecular complexity index is 309. The summed E-state index contributed by atoms with van der Waals surface area (Å²) in [5.41, 5.74) is 2.56. The minimum Gasteiger partial charge on any atom is -0.385 e. The van der Waals surface area contributed by atoms with E-state index in [1.165, 1.54) is 11.3 Å². The van der Waals surface area contributed by atoms with Crippen molar-refractivity contribution in [2.24, 2.45) is 0 Å². The van der Waals surface area contributed by atoms with Gasteiger partial charge in [0.15, 0.2) is 0 Å². The molecule has 1 aromatic rings. The number of nitrogens with one attached hydrogen (secondary N) is 1. The maximum atomic E-state index is 5.18. The zero-order valence-corrected chi connectivity index (χ0v) is 8.72. The van der Waals surface area contributed by atoms with Gasteiger partial charge in [-0.05, 0) is 30.5 Å². The summed E-state index contributed by atoms with van der Waals surface area (Å²) in [6, 6.07) is 8.51. The van der Waals surface area contributed by atoms with Crippen LogP contribution in [-0.4, -0.2) is 6.54 Å². The fraction of sp³-hybridized carbons (Fsp3) is 0.385. The molecule has 0 spiro atoms. The zero-order valence-electron chi connectivity index (χ0n) is 8.72. The summed E-state index contributed by atoms with van der Waals surface area (Å²) in [4.78, 5) is 0. The summed E-state index contributed by atoms with van der Waals surface area (Å²) in [5, 5.41) is 3.36. The van der Waals surface area contributed by atoms with Crippen LogP contribution in [0.2, 0.25) is 0 Å². The van der Waals surface area contributed by atoms with Crippen molar-refractivity contribution in [3.63, 3.8) is 0 Å². The number of rotatable bonds is 5. The number of aryl methyl sites for hydroxylation is 1. The van der Waals surface area contributed by atoms with E-state index in [0.29, 0.717) is 0 Å². The smallest absolute Gasteiger partial charge is 0.0342 e. The van der Waals surface area contributed by atoms with E-state index in [9.17, 15) is 0 Å². The molecule has 0 aliphatic heterocycles. The Labute approximate surface area is 86.5 Å². The number of hydrogen-bond acceptors (Lipinski definition) is 1. The predicted octanol–water partition coefficient (Wildman–Crippen LogP) is 3.07. The van der Waals surface area contributed by atoms with Crippen molar-refractivity contribution in [1.82, 2.24) is 0 Å². The molecule has 1 N–H and O–H groups in total.